The highest BCUT2D eigenvalue weighted by Gasteiger charge is 2.18. The minimum absolute atomic E-state index is 0.784. The summed E-state index contributed by atoms with van der Waals surface area (Å²) in [6.45, 7) is 9.25. The minimum Gasteiger partial charge on any atom is -0.492 e. The predicted molar refractivity (Wildman–Crippen MR) is 84.2 cm³/mol. The van der Waals surface area contributed by atoms with Gasteiger partial charge in [-0.2, -0.15) is 0 Å². The molecule has 0 spiro atoms. The predicted octanol–water partition coefficient (Wildman–Crippen LogP) is 2.74. The lowest BCUT2D eigenvalue weighted by molar-refractivity contribution is 0.152. The maximum Gasteiger partial charge on any atom is 0.122 e. The molecule has 0 aromatic heterocycles. The highest BCUT2D eigenvalue weighted by atomic mass is 16.5. The number of ether oxygens (including phenoxy) is 1. The van der Waals surface area contributed by atoms with Gasteiger partial charge in [0.25, 0.3) is 0 Å². The second-order valence-corrected chi connectivity index (χ2v) is 5.98. The number of nitrogens with zero attached hydrogens (tertiary/aromatic N) is 1. The van der Waals surface area contributed by atoms with E-state index in [0.29, 0.717) is 0 Å². The molecule has 112 valence electrons. The Labute approximate surface area is 123 Å². The van der Waals surface area contributed by atoms with Crippen molar-refractivity contribution in [1.29, 1.82) is 0 Å². The second kappa shape index (κ2) is 7.65. The van der Waals surface area contributed by atoms with Gasteiger partial charge in [0, 0.05) is 6.54 Å². The van der Waals surface area contributed by atoms with Crippen molar-refractivity contribution in [2.75, 3.05) is 32.8 Å². The Bertz CT molecular complexity index is 411. The first kappa shape index (κ1) is 15.3. The lowest BCUT2D eigenvalue weighted by Crippen LogP contribution is -2.36. The maximum absolute atomic E-state index is 5.93. The van der Waals surface area contributed by atoms with Crippen LogP contribution in [0.3, 0.4) is 0 Å². The Morgan fingerprint density at radius 3 is 2.70 bits per heavy atom. The average molecular weight is 276 g/mol. The first-order chi connectivity index (χ1) is 9.69. The molecule has 1 heterocycles. The summed E-state index contributed by atoms with van der Waals surface area (Å²) in [7, 11) is 0. The van der Waals surface area contributed by atoms with Gasteiger partial charge in [0.2, 0.25) is 0 Å². The van der Waals surface area contributed by atoms with Crippen LogP contribution in [-0.2, 0) is 0 Å². The number of hydrogen-bond donors (Lipinski definition) is 1. The third-order valence-corrected chi connectivity index (χ3v) is 4.29. The fraction of sp³-hybridized carbons (Fsp3) is 0.647. The van der Waals surface area contributed by atoms with Crippen LogP contribution in [0.5, 0.6) is 5.75 Å². The third-order valence-electron chi connectivity index (χ3n) is 4.29. The zero-order valence-electron chi connectivity index (χ0n) is 12.9. The highest BCUT2D eigenvalue weighted by Crippen LogP contribution is 2.21. The lowest BCUT2D eigenvalue weighted by Gasteiger charge is -2.31. The summed E-state index contributed by atoms with van der Waals surface area (Å²) in [6.07, 6.45) is 3.77. The van der Waals surface area contributed by atoms with Crippen LogP contribution in [0, 0.1) is 19.8 Å². The Balaban J connectivity index is 1.70. The SMILES string of the molecule is Cc1ccc(C)c(OCCN2CCC(CCN)CC2)c1. The molecule has 0 aliphatic carbocycles. The molecule has 20 heavy (non-hydrogen) atoms. The third kappa shape index (κ3) is 4.50. The molecule has 2 N–H and O–H groups in total. The molecule has 1 saturated heterocycles. The van der Waals surface area contributed by atoms with Gasteiger partial charge in [-0.15, -0.1) is 0 Å². The molecule has 1 aliphatic rings. The second-order valence-electron chi connectivity index (χ2n) is 5.98. The molecule has 1 aromatic rings. The van der Waals surface area contributed by atoms with E-state index >= 15 is 0 Å². The van der Waals surface area contributed by atoms with Gasteiger partial charge in [-0.25, -0.2) is 0 Å². The first-order valence-electron chi connectivity index (χ1n) is 7.81. The van der Waals surface area contributed by atoms with E-state index in [9.17, 15) is 0 Å². The number of nitrogens with two attached hydrogens (primary N) is 1. The normalized spacial score (nSPS) is 17.4. The van der Waals surface area contributed by atoms with Crippen molar-refractivity contribution in [3.8, 4) is 5.75 Å². The van der Waals surface area contributed by atoms with E-state index in [-0.39, 0.29) is 0 Å². The van der Waals surface area contributed by atoms with Crippen LogP contribution in [-0.4, -0.2) is 37.7 Å². The van der Waals surface area contributed by atoms with Gasteiger partial charge < -0.3 is 10.5 Å². The fourth-order valence-corrected chi connectivity index (χ4v) is 2.88. The summed E-state index contributed by atoms with van der Waals surface area (Å²) >= 11 is 0. The fourth-order valence-electron chi connectivity index (χ4n) is 2.88. The molecule has 1 aromatic carbocycles. The number of likely N-dealkylation sites (tertiary alicyclic amines) is 1. The number of benzene rings is 1. The summed E-state index contributed by atoms with van der Waals surface area (Å²) in [5.41, 5.74) is 8.11. The Morgan fingerprint density at radius 2 is 2.00 bits per heavy atom. The van der Waals surface area contributed by atoms with Crippen LogP contribution in [0.25, 0.3) is 0 Å². The molecule has 0 unspecified atom stereocenters. The molecule has 1 aliphatic heterocycles. The molecule has 0 saturated carbocycles. The molecule has 0 amide bonds. The van der Waals surface area contributed by atoms with Crippen molar-refractivity contribution in [3.05, 3.63) is 29.3 Å². The van der Waals surface area contributed by atoms with Crippen LogP contribution >= 0.6 is 0 Å². The molecule has 1 fully saturated rings. The number of rotatable bonds is 6. The van der Waals surface area contributed by atoms with Gasteiger partial charge in [0.15, 0.2) is 0 Å². The van der Waals surface area contributed by atoms with Crippen LogP contribution < -0.4 is 10.5 Å². The van der Waals surface area contributed by atoms with E-state index in [1.165, 1.54) is 43.5 Å². The van der Waals surface area contributed by atoms with Crippen molar-refractivity contribution in [2.24, 2.45) is 11.7 Å². The summed E-state index contributed by atoms with van der Waals surface area (Å²) in [5.74, 6) is 1.87. The van der Waals surface area contributed by atoms with Crippen molar-refractivity contribution in [1.82, 2.24) is 4.90 Å². The standard InChI is InChI=1S/C17H28N2O/c1-14-3-4-15(2)17(13-14)20-12-11-19-9-6-16(5-8-18)7-10-19/h3-4,13,16H,5-12,18H2,1-2H3. The van der Waals surface area contributed by atoms with Gasteiger partial charge in [-0.3, -0.25) is 4.90 Å². The smallest absolute Gasteiger partial charge is 0.122 e. The lowest BCUT2D eigenvalue weighted by atomic mass is 9.94. The largest absolute Gasteiger partial charge is 0.492 e. The van der Waals surface area contributed by atoms with E-state index in [1.54, 1.807) is 0 Å². The van der Waals surface area contributed by atoms with Crippen molar-refractivity contribution >= 4 is 0 Å². The first-order valence-corrected chi connectivity index (χ1v) is 7.81. The molecule has 3 heteroatoms. The van der Waals surface area contributed by atoms with Crippen LogP contribution in [0.2, 0.25) is 0 Å². The van der Waals surface area contributed by atoms with Gasteiger partial charge >= 0.3 is 0 Å². The molecule has 3 nitrogen and oxygen atoms in total. The molecular formula is C17H28N2O. The van der Waals surface area contributed by atoms with Gasteiger partial charge in [0.05, 0.1) is 0 Å². The van der Waals surface area contributed by atoms with E-state index in [2.05, 4.69) is 36.9 Å². The molecule has 0 radical (unpaired) electrons. The Hall–Kier alpha value is -1.06. The van der Waals surface area contributed by atoms with Crippen LogP contribution in [0.4, 0.5) is 0 Å². The molecular weight excluding hydrogens is 248 g/mol. The van der Waals surface area contributed by atoms with E-state index < -0.39 is 0 Å². The molecule has 0 atom stereocenters. The van der Waals surface area contributed by atoms with Crippen LogP contribution in [0.1, 0.15) is 30.4 Å². The van der Waals surface area contributed by atoms with E-state index in [1.807, 2.05) is 0 Å². The number of aryl methyl sites for hydroxylation is 2. The Morgan fingerprint density at radius 1 is 1.25 bits per heavy atom. The van der Waals surface area contributed by atoms with Crippen molar-refractivity contribution in [2.45, 2.75) is 33.1 Å². The van der Waals surface area contributed by atoms with Crippen molar-refractivity contribution < 1.29 is 4.74 Å². The zero-order valence-corrected chi connectivity index (χ0v) is 12.9. The summed E-state index contributed by atoms with van der Waals surface area (Å²) in [6, 6.07) is 6.39. The number of piperidine rings is 1. The minimum atomic E-state index is 0.784. The van der Waals surface area contributed by atoms with E-state index in [0.717, 1.165) is 31.4 Å². The summed E-state index contributed by atoms with van der Waals surface area (Å²) < 4.78 is 5.93. The van der Waals surface area contributed by atoms with Gasteiger partial charge in [0.1, 0.15) is 12.4 Å². The summed E-state index contributed by atoms with van der Waals surface area (Å²) in [4.78, 5) is 2.51. The van der Waals surface area contributed by atoms with Crippen molar-refractivity contribution in [3.63, 3.8) is 0 Å². The topological polar surface area (TPSA) is 38.5 Å². The maximum atomic E-state index is 5.93. The summed E-state index contributed by atoms with van der Waals surface area (Å²) in [5, 5.41) is 0. The average Bonchev–Trinajstić information content (AvgIpc) is 2.45. The van der Waals surface area contributed by atoms with Gasteiger partial charge in [-0.1, -0.05) is 12.1 Å². The monoisotopic (exact) mass is 276 g/mol. The van der Waals surface area contributed by atoms with E-state index in [4.69, 9.17) is 10.5 Å². The quantitative estimate of drug-likeness (QED) is 0.868. The molecule has 2 rings (SSSR count). The zero-order chi connectivity index (χ0) is 14.4. The van der Waals surface area contributed by atoms with Crippen LogP contribution in [0.15, 0.2) is 18.2 Å². The van der Waals surface area contributed by atoms with Gasteiger partial charge in [-0.05, 0) is 75.9 Å². The molecule has 0 bridgehead atoms. The highest BCUT2D eigenvalue weighted by molar-refractivity contribution is 5.35. The number of hydrogen-bond acceptors (Lipinski definition) is 3. The Kier molecular flexibility index (Phi) is 5.86.